The molecule has 27 heavy (non-hydrogen) atoms. The molecule has 1 N–H and O–H groups in total. The van der Waals surface area contributed by atoms with Gasteiger partial charge in [0.2, 0.25) is 0 Å². The lowest BCUT2D eigenvalue weighted by atomic mass is 9.63. The molecule has 6 rings (SSSR count). The van der Waals surface area contributed by atoms with Gasteiger partial charge in [-0.25, -0.2) is 4.79 Å². The number of hydrazone groups is 1. The number of carbonyl (C=O) groups is 3. The number of carboxylic acid groups (broad SMARTS) is 1. The van der Waals surface area contributed by atoms with E-state index in [1.54, 1.807) is 24.3 Å². The topological polar surface area (TPSA) is 96.3 Å². The molecule has 2 saturated carbocycles. The van der Waals surface area contributed by atoms with Crippen molar-refractivity contribution in [3.63, 3.8) is 0 Å². The van der Waals surface area contributed by atoms with E-state index in [4.69, 9.17) is 9.84 Å². The second kappa shape index (κ2) is 5.77. The van der Waals surface area contributed by atoms with Crippen LogP contribution >= 0.6 is 0 Å². The summed E-state index contributed by atoms with van der Waals surface area (Å²) in [5, 5.41) is 13.8. The lowest BCUT2D eigenvalue weighted by Gasteiger charge is -2.37. The maximum absolute atomic E-state index is 12.8. The summed E-state index contributed by atoms with van der Waals surface area (Å²) < 4.78 is 5.07. The summed E-state index contributed by atoms with van der Waals surface area (Å²) in [5.74, 6) is 0.0188. The van der Waals surface area contributed by atoms with E-state index >= 15 is 0 Å². The monoisotopic (exact) mass is 366 g/mol. The van der Waals surface area contributed by atoms with Gasteiger partial charge in [0.1, 0.15) is 5.75 Å². The summed E-state index contributed by atoms with van der Waals surface area (Å²) in [6.07, 6.45) is 6.88. The van der Waals surface area contributed by atoms with Crippen LogP contribution in [0.1, 0.15) is 12.0 Å². The van der Waals surface area contributed by atoms with Gasteiger partial charge in [0.05, 0.1) is 18.1 Å². The predicted molar refractivity (Wildman–Crippen MR) is 93.7 cm³/mol. The van der Waals surface area contributed by atoms with E-state index in [1.807, 2.05) is 0 Å². The molecule has 2 amide bonds. The van der Waals surface area contributed by atoms with Crippen LogP contribution in [0.2, 0.25) is 0 Å². The highest BCUT2D eigenvalue weighted by Gasteiger charge is 2.67. The molecular formula is C20H18N2O5. The number of amides is 2. The zero-order valence-electron chi connectivity index (χ0n) is 14.4. The Morgan fingerprint density at radius 3 is 2.26 bits per heavy atom. The van der Waals surface area contributed by atoms with E-state index in [2.05, 4.69) is 17.3 Å². The van der Waals surface area contributed by atoms with Gasteiger partial charge in [-0.3, -0.25) is 9.59 Å². The fourth-order valence-corrected chi connectivity index (χ4v) is 4.97. The summed E-state index contributed by atoms with van der Waals surface area (Å²) in [5.41, 5.74) is 0.692. The zero-order chi connectivity index (χ0) is 18.7. The minimum atomic E-state index is -1.05. The second-order valence-electron chi connectivity index (χ2n) is 7.64. The van der Waals surface area contributed by atoms with E-state index in [0.29, 0.717) is 23.1 Å². The Morgan fingerprint density at radius 1 is 1.11 bits per heavy atom. The molecule has 1 saturated heterocycles. The number of hydrogen-bond acceptors (Lipinski definition) is 5. The van der Waals surface area contributed by atoms with Gasteiger partial charge >= 0.3 is 5.97 Å². The van der Waals surface area contributed by atoms with Gasteiger partial charge in [0, 0.05) is 0 Å². The first-order valence-electron chi connectivity index (χ1n) is 9.09. The first kappa shape index (κ1) is 16.2. The smallest absolute Gasteiger partial charge is 0.341 e. The maximum atomic E-state index is 12.8. The molecule has 1 aliphatic heterocycles. The van der Waals surface area contributed by atoms with Crippen molar-refractivity contribution in [2.45, 2.75) is 6.42 Å². The van der Waals surface area contributed by atoms with E-state index < -0.39 is 12.6 Å². The lowest BCUT2D eigenvalue weighted by Crippen LogP contribution is -2.40. The Kier molecular flexibility index (Phi) is 3.47. The molecule has 1 heterocycles. The SMILES string of the molecule is O=C(O)COc1ccc(/C=N\N2C(=O)[C@@H]3[C@@H]4C=C[C@H]([C@H]5C[C@H]45)[C@@H]3C2=O)cc1. The van der Waals surface area contributed by atoms with Crippen molar-refractivity contribution in [3.8, 4) is 5.75 Å². The van der Waals surface area contributed by atoms with Crippen LogP contribution in [0.15, 0.2) is 41.5 Å². The standard InChI is InChI=1S/C20H18N2O5/c23-16(24)9-27-11-3-1-10(2-4-11)8-21-22-19(25)17-12-5-6-13(15-7-14(12)15)18(17)20(22)26/h1-6,8,12-15,17-18H,7,9H2,(H,23,24)/b21-8-/t12-,13-,14-,15-,17-,18+/m1/s1. The average molecular weight is 366 g/mol. The van der Waals surface area contributed by atoms with Gasteiger partial charge in [-0.1, -0.05) is 12.2 Å². The number of carbonyl (C=O) groups excluding carboxylic acids is 2. The Balaban J connectivity index is 1.31. The maximum Gasteiger partial charge on any atom is 0.341 e. The van der Waals surface area contributed by atoms with Crippen LogP contribution in [0.3, 0.4) is 0 Å². The van der Waals surface area contributed by atoms with E-state index in [9.17, 15) is 14.4 Å². The summed E-state index contributed by atoms with van der Waals surface area (Å²) in [6, 6.07) is 6.63. The van der Waals surface area contributed by atoms with Gasteiger partial charge in [-0.15, -0.1) is 0 Å². The van der Waals surface area contributed by atoms with E-state index in [-0.39, 0.29) is 35.5 Å². The van der Waals surface area contributed by atoms with Crippen molar-refractivity contribution in [1.29, 1.82) is 0 Å². The Bertz CT molecular complexity index is 854. The van der Waals surface area contributed by atoms with Crippen LogP contribution in [0.25, 0.3) is 0 Å². The average Bonchev–Trinajstić information content (AvgIpc) is 3.45. The van der Waals surface area contributed by atoms with Crippen molar-refractivity contribution >= 4 is 24.0 Å². The highest BCUT2D eigenvalue weighted by Crippen LogP contribution is 2.65. The van der Waals surface area contributed by atoms with Crippen molar-refractivity contribution in [2.24, 2.45) is 40.6 Å². The third-order valence-electron chi connectivity index (χ3n) is 6.20. The van der Waals surface area contributed by atoms with Crippen molar-refractivity contribution in [1.82, 2.24) is 5.01 Å². The number of imide groups is 1. The summed E-state index contributed by atoms with van der Waals surface area (Å²) in [7, 11) is 0. The van der Waals surface area contributed by atoms with Gasteiger partial charge in [-0.05, 0) is 59.9 Å². The molecule has 0 radical (unpaired) electrons. The lowest BCUT2D eigenvalue weighted by molar-refractivity contribution is -0.141. The Hall–Kier alpha value is -2.96. The zero-order valence-corrected chi connectivity index (χ0v) is 14.4. The summed E-state index contributed by atoms with van der Waals surface area (Å²) in [6.45, 7) is -0.411. The van der Waals surface area contributed by atoms with Crippen LogP contribution in [0, 0.1) is 35.5 Å². The van der Waals surface area contributed by atoms with Crippen molar-refractivity contribution in [2.75, 3.05) is 6.61 Å². The van der Waals surface area contributed by atoms with Crippen molar-refractivity contribution < 1.29 is 24.2 Å². The molecule has 5 aliphatic rings. The molecule has 1 aromatic carbocycles. The minimum absolute atomic E-state index is 0.187. The van der Waals surface area contributed by atoms with E-state index in [1.165, 1.54) is 6.21 Å². The van der Waals surface area contributed by atoms with Crippen LogP contribution in [0.4, 0.5) is 0 Å². The highest BCUT2D eigenvalue weighted by atomic mass is 16.5. The number of benzene rings is 1. The summed E-state index contributed by atoms with van der Waals surface area (Å²) >= 11 is 0. The molecule has 0 unspecified atom stereocenters. The first-order chi connectivity index (χ1) is 13.0. The molecule has 1 aromatic rings. The Labute approximate surface area is 155 Å². The van der Waals surface area contributed by atoms with Crippen LogP contribution in [0.5, 0.6) is 5.75 Å². The van der Waals surface area contributed by atoms with Crippen LogP contribution in [-0.2, 0) is 14.4 Å². The minimum Gasteiger partial charge on any atom is -0.482 e. The van der Waals surface area contributed by atoms with Gasteiger partial charge in [0.25, 0.3) is 11.8 Å². The highest BCUT2D eigenvalue weighted by molar-refractivity contribution is 6.06. The number of nitrogens with zero attached hydrogens (tertiary/aromatic N) is 2. The molecule has 4 aliphatic carbocycles. The molecular weight excluding hydrogens is 348 g/mol. The van der Waals surface area contributed by atoms with Crippen molar-refractivity contribution in [3.05, 3.63) is 42.0 Å². The van der Waals surface area contributed by atoms with Gasteiger partial charge in [0.15, 0.2) is 6.61 Å². The Morgan fingerprint density at radius 2 is 1.70 bits per heavy atom. The number of ether oxygens (including phenoxy) is 1. The number of rotatable bonds is 5. The van der Waals surface area contributed by atoms with Gasteiger partial charge < -0.3 is 9.84 Å². The fraction of sp³-hybridized carbons (Fsp3) is 0.400. The normalized spacial score (nSPS) is 35.5. The molecule has 6 atom stereocenters. The first-order valence-corrected chi connectivity index (χ1v) is 9.09. The number of carboxylic acids is 1. The summed E-state index contributed by atoms with van der Waals surface area (Å²) in [4.78, 5) is 36.1. The third kappa shape index (κ3) is 2.49. The predicted octanol–water partition coefficient (Wildman–Crippen LogP) is 1.54. The second-order valence-corrected chi connectivity index (χ2v) is 7.64. The molecule has 7 heteroatoms. The molecule has 2 bridgehead atoms. The number of hydrogen-bond donors (Lipinski definition) is 1. The molecule has 3 fully saturated rings. The molecule has 7 nitrogen and oxygen atoms in total. The molecule has 0 spiro atoms. The quantitative estimate of drug-likeness (QED) is 0.484. The van der Waals surface area contributed by atoms with E-state index in [0.717, 1.165) is 11.4 Å². The largest absolute Gasteiger partial charge is 0.482 e. The van der Waals surface area contributed by atoms with Crippen LogP contribution in [-0.4, -0.2) is 40.7 Å². The fourth-order valence-electron chi connectivity index (χ4n) is 4.97. The van der Waals surface area contributed by atoms with Crippen LogP contribution < -0.4 is 4.74 Å². The number of allylic oxidation sites excluding steroid dienone is 2. The number of aliphatic carboxylic acids is 1. The van der Waals surface area contributed by atoms with Gasteiger partial charge in [-0.2, -0.15) is 10.1 Å². The molecule has 0 aromatic heterocycles. The third-order valence-corrected chi connectivity index (χ3v) is 6.20. The molecule has 138 valence electrons.